The summed E-state index contributed by atoms with van der Waals surface area (Å²) in [7, 11) is 3.17. The predicted octanol–water partition coefficient (Wildman–Crippen LogP) is 8.02. The summed E-state index contributed by atoms with van der Waals surface area (Å²) in [6, 6.07) is 10.8. The predicted molar refractivity (Wildman–Crippen MR) is 152 cm³/mol. The summed E-state index contributed by atoms with van der Waals surface area (Å²) in [5, 5.41) is 0. The largest absolute Gasteiger partial charge is 0.493 e. The van der Waals surface area contributed by atoms with Crippen LogP contribution in [0.3, 0.4) is 0 Å². The number of ketones is 1. The lowest BCUT2D eigenvalue weighted by molar-refractivity contribution is 0.104. The highest BCUT2D eigenvalue weighted by molar-refractivity contribution is 6.07. The fraction of sp³-hybridized carbons (Fsp3) is 0.344. The molecule has 0 N–H and O–H groups in total. The van der Waals surface area contributed by atoms with Gasteiger partial charge in [0.2, 0.25) is 0 Å². The Kier molecular flexibility index (Phi) is 12.3. The van der Waals surface area contributed by atoms with Gasteiger partial charge in [0, 0.05) is 5.56 Å². The number of benzene rings is 2. The Bertz CT molecular complexity index is 1160. The minimum atomic E-state index is -0.136. The van der Waals surface area contributed by atoms with Gasteiger partial charge in [0.15, 0.2) is 28.8 Å². The fourth-order valence-electron chi connectivity index (χ4n) is 3.38. The van der Waals surface area contributed by atoms with Gasteiger partial charge in [-0.3, -0.25) is 4.79 Å². The third-order valence-electron chi connectivity index (χ3n) is 5.56. The van der Waals surface area contributed by atoms with Gasteiger partial charge < -0.3 is 18.9 Å². The topological polar surface area (TPSA) is 54.0 Å². The molecule has 0 amide bonds. The van der Waals surface area contributed by atoms with E-state index in [2.05, 4.69) is 32.9 Å². The number of hydrogen-bond donors (Lipinski definition) is 0. The molecule has 0 fully saturated rings. The number of ether oxygens (including phenoxy) is 4. The maximum atomic E-state index is 12.8. The first-order valence-electron chi connectivity index (χ1n) is 12.5. The molecular formula is C32H40O5. The molecule has 0 radical (unpaired) electrons. The van der Waals surface area contributed by atoms with Crippen LogP contribution >= 0.6 is 0 Å². The van der Waals surface area contributed by atoms with E-state index in [0.717, 1.165) is 18.4 Å². The molecule has 0 aliphatic rings. The summed E-state index contributed by atoms with van der Waals surface area (Å²) in [4.78, 5) is 12.8. The SMILES string of the molecule is COc1cc(/C=C/C(=O)c2ccc(OC/C=C(\C)CCC=C(C)C)c(OC)c2)ccc1OCC=C(C)C. The molecule has 0 heterocycles. The second-order valence-electron chi connectivity index (χ2n) is 9.25. The average Bonchev–Trinajstić information content (AvgIpc) is 2.87. The van der Waals surface area contributed by atoms with Gasteiger partial charge in [-0.15, -0.1) is 0 Å². The van der Waals surface area contributed by atoms with Gasteiger partial charge in [-0.05, 0) is 102 Å². The maximum absolute atomic E-state index is 12.8. The maximum Gasteiger partial charge on any atom is 0.185 e. The highest BCUT2D eigenvalue weighted by Crippen LogP contribution is 2.30. The Morgan fingerprint density at radius 1 is 0.730 bits per heavy atom. The molecule has 2 aromatic carbocycles. The third-order valence-corrected chi connectivity index (χ3v) is 5.56. The normalized spacial score (nSPS) is 11.2. The fourth-order valence-corrected chi connectivity index (χ4v) is 3.38. The van der Waals surface area contributed by atoms with E-state index in [1.165, 1.54) is 22.8 Å². The number of allylic oxidation sites excluding steroid dienone is 5. The molecule has 5 nitrogen and oxygen atoms in total. The van der Waals surface area contributed by atoms with Crippen molar-refractivity contribution in [2.24, 2.45) is 0 Å². The Balaban J connectivity index is 2.03. The van der Waals surface area contributed by atoms with Gasteiger partial charge >= 0.3 is 0 Å². The number of carbonyl (C=O) groups is 1. The van der Waals surface area contributed by atoms with Crippen LogP contribution in [-0.4, -0.2) is 33.2 Å². The lowest BCUT2D eigenvalue weighted by Crippen LogP contribution is -2.00. The average molecular weight is 505 g/mol. The zero-order chi connectivity index (χ0) is 27.2. The first-order chi connectivity index (χ1) is 17.7. The highest BCUT2D eigenvalue weighted by Gasteiger charge is 2.10. The van der Waals surface area contributed by atoms with E-state index in [0.29, 0.717) is 41.8 Å². The molecule has 2 aromatic rings. The molecule has 0 aliphatic heterocycles. The smallest absolute Gasteiger partial charge is 0.185 e. The third kappa shape index (κ3) is 10.4. The van der Waals surface area contributed by atoms with Crippen LogP contribution < -0.4 is 18.9 Å². The lowest BCUT2D eigenvalue weighted by atomic mass is 10.1. The van der Waals surface area contributed by atoms with Crippen molar-refractivity contribution in [2.75, 3.05) is 27.4 Å². The second-order valence-corrected chi connectivity index (χ2v) is 9.25. The van der Waals surface area contributed by atoms with E-state index in [9.17, 15) is 4.79 Å². The summed E-state index contributed by atoms with van der Waals surface area (Å²) in [6.07, 6.45) is 11.6. The highest BCUT2D eigenvalue weighted by atomic mass is 16.5. The quantitative estimate of drug-likeness (QED) is 0.148. The van der Waals surface area contributed by atoms with E-state index in [-0.39, 0.29) is 5.78 Å². The van der Waals surface area contributed by atoms with E-state index in [1.54, 1.807) is 38.5 Å². The number of methoxy groups -OCH3 is 2. The molecule has 0 spiro atoms. The van der Waals surface area contributed by atoms with Crippen LogP contribution in [0.25, 0.3) is 6.08 Å². The molecule has 0 atom stereocenters. The van der Waals surface area contributed by atoms with Crippen LogP contribution in [0.4, 0.5) is 0 Å². The van der Waals surface area contributed by atoms with Crippen molar-refractivity contribution in [2.45, 2.75) is 47.5 Å². The molecule has 0 saturated heterocycles. The van der Waals surface area contributed by atoms with Gasteiger partial charge in [0.1, 0.15) is 13.2 Å². The van der Waals surface area contributed by atoms with E-state index in [4.69, 9.17) is 18.9 Å². The second kappa shape index (κ2) is 15.4. The summed E-state index contributed by atoms with van der Waals surface area (Å²) in [6.45, 7) is 11.3. The van der Waals surface area contributed by atoms with E-state index in [1.807, 2.05) is 38.1 Å². The van der Waals surface area contributed by atoms with Crippen molar-refractivity contribution in [3.63, 3.8) is 0 Å². The lowest BCUT2D eigenvalue weighted by Gasteiger charge is -2.11. The molecule has 0 saturated carbocycles. The number of hydrogen-bond acceptors (Lipinski definition) is 5. The minimum absolute atomic E-state index is 0.136. The van der Waals surface area contributed by atoms with Gasteiger partial charge in [-0.1, -0.05) is 34.9 Å². The molecule has 0 unspecified atom stereocenters. The van der Waals surface area contributed by atoms with E-state index >= 15 is 0 Å². The molecule has 0 bridgehead atoms. The molecular weight excluding hydrogens is 464 g/mol. The zero-order valence-electron chi connectivity index (χ0n) is 23.2. The van der Waals surface area contributed by atoms with Crippen LogP contribution in [0.2, 0.25) is 0 Å². The Labute approximate surface area is 222 Å². The Morgan fingerprint density at radius 3 is 1.95 bits per heavy atom. The van der Waals surface area contributed by atoms with Crippen LogP contribution in [0.1, 0.15) is 63.4 Å². The molecule has 198 valence electrons. The molecule has 0 aliphatic carbocycles. The van der Waals surface area contributed by atoms with Gasteiger partial charge in [0.05, 0.1) is 14.2 Å². The monoisotopic (exact) mass is 504 g/mol. The van der Waals surface area contributed by atoms with Crippen LogP contribution in [0.5, 0.6) is 23.0 Å². The molecule has 5 heteroatoms. The number of carbonyl (C=O) groups excluding carboxylic acids is 1. The van der Waals surface area contributed by atoms with Crippen molar-refractivity contribution >= 4 is 11.9 Å². The van der Waals surface area contributed by atoms with E-state index < -0.39 is 0 Å². The summed E-state index contributed by atoms with van der Waals surface area (Å²) in [5.74, 6) is 2.25. The molecule has 0 aromatic heterocycles. The minimum Gasteiger partial charge on any atom is -0.493 e. The first-order valence-corrected chi connectivity index (χ1v) is 12.5. The Hall–Kier alpha value is -3.73. The van der Waals surface area contributed by atoms with Gasteiger partial charge in [0.25, 0.3) is 0 Å². The molecule has 2 rings (SSSR count). The summed E-state index contributed by atoms with van der Waals surface area (Å²) >= 11 is 0. The molecule has 37 heavy (non-hydrogen) atoms. The zero-order valence-corrected chi connectivity index (χ0v) is 23.2. The van der Waals surface area contributed by atoms with Crippen LogP contribution in [-0.2, 0) is 0 Å². The van der Waals surface area contributed by atoms with Crippen molar-refractivity contribution in [3.8, 4) is 23.0 Å². The van der Waals surface area contributed by atoms with Gasteiger partial charge in [-0.2, -0.15) is 0 Å². The van der Waals surface area contributed by atoms with Crippen molar-refractivity contribution in [1.82, 2.24) is 0 Å². The van der Waals surface area contributed by atoms with Crippen molar-refractivity contribution in [3.05, 3.63) is 88.5 Å². The first kappa shape index (κ1) is 29.5. The van der Waals surface area contributed by atoms with Crippen LogP contribution in [0, 0.1) is 0 Å². The number of rotatable bonds is 14. The van der Waals surface area contributed by atoms with Crippen LogP contribution in [0.15, 0.2) is 77.4 Å². The standard InChI is InChI=1S/C32H40O5/c1-23(2)9-8-10-25(5)18-20-37-30-16-13-27(22-32(30)35-7)28(33)14-11-26-12-15-29(31(21-26)34-6)36-19-17-24(3)4/h9,11-18,21-22H,8,10,19-20H2,1-7H3/b14-11+,25-18+. The summed E-state index contributed by atoms with van der Waals surface area (Å²) in [5.41, 5.74) is 5.14. The van der Waals surface area contributed by atoms with Crippen molar-refractivity contribution in [1.29, 1.82) is 0 Å². The Morgan fingerprint density at radius 2 is 1.32 bits per heavy atom. The van der Waals surface area contributed by atoms with Crippen molar-refractivity contribution < 1.29 is 23.7 Å². The summed E-state index contributed by atoms with van der Waals surface area (Å²) < 4.78 is 22.6. The van der Waals surface area contributed by atoms with Gasteiger partial charge in [-0.25, -0.2) is 0 Å².